The number of ether oxygens (including phenoxy) is 2. The molecule has 3 heterocycles. The topological polar surface area (TPSA) is 121 Å². The van der Waals surface area contributed by atoms with E-state index in [4.69, 9.17) is 9.47 Å². The van der Waals surface area contributed by atoms with Crippen molar-refractivity contribution in [3.8, 4) is 11.5 Å². The highest BCUT2D eigenvalue weighted by Crippen LogP contribution is 2.32. The molecule has 2 aromatic carbocycles. The van der Waals surface area contributed by atoms with E-state index in [0.29, 0.717) is 55.7 Å². The summed E-state index contributed by atoms with van der Waals surface area (Å²) in [6.07, 6.45) is 5.38. The number of nitrogens with zero attached hydrogens (tertiary/aromatic N) is 3. The predicted molar refractivity (Wildman–Crippen MR) is 178 cm³/mol. The molecule has 2 aromatic rings. The summed E-state index contributed by atoms with van der Waals surface area (Å²) in [5.41, 5.74) is 1.72. The molecule has 0 radical (unpaired) electrons. The standard InChI is InChI=1S/C36H47N5O6/c1-6-23(2)31(38-34(43)28(39(3)4)21-24-11-8-7-9-12-24)35(44)41-20-17-30-32(41)36(45)40-19-10-13-27(40)33(42)37-18-16-25-22-26(47-30)14-15-29(25)46-5/h7-9,11-12,14-16,18,22-23,27-28,30-32H,6,10,13,17,19-21H2,1-5H3,(H,37,42)(H,38,43)/b18-16-/t23-,27-,28-,30?,31-,32?/m0/s1. The number of methoxy groups -OCH3 is 1. The molecule has 11 nitrogen and oxygen atoms in total. The minimum absolute atomic E-state index is 0.198. The number of benzene rings is 2. The SMILES string of the molecule is CC[C@H](C)[C@H](NC(=O)[C@H](Cc1ccccc1)N(C)C)C(=O)N1CCC2Oc3ccc(OC)c(c3)/C=C\NC(=O)[C@@H]3CCCN3C(=O)C21. The Balaban J connectivity index is 1.46. The average Bonchev–Trinajstić information content (AvgIpc) is 3.73. The van der Waals surface area contributed by atoms with Crippen LogP contribution in [-0.2, 0) is 25.6 Å². The number of carbonyl (C=O) groups excluding carboxylic acids is 4. The summed E-state index contributed by atoms with van der Waals surface area (Å²) >= 11 is 0. The van der Waals surface area contributed by atoms with Crippen LogP contribution in [0, 0.1) is 5.92 Å². The maximum atomic E-state index is 14.5. The minimum Gasteiger partial charge on any atom is -0.496 e. The van der Waals surface area contributed by atoms with Crippen LogP contribution in [0.2, 0.25) is 0 Å². The van der Waals surface area contributed by atoms with Gasteiger partial charge in [-0.1, -0.05) is 50.6 Å². The molecule has 47 heavy (non-hydrogen) atoms. The number of fused-ring (bicyclic) bond motifs is 4. The summed E-state index contributed by atoms with van der Waals surface area (Å²) in [5.74, 6) is -0.251. The van der Waals surface area contributed by atoms with E-state index in [1.54, 1.807) is 47.4 Å². The number of carbonyl (C=O) groups is 4. The minimum atomic E-state index is -0.965. The largest absolute Gasteiger partial charge is 0.496 e. The third-order valence-corrected chi connectivity index (χ3v) is 9.67. The van der Waals surface area contributed by atoms with Gasteiger partial charge in [0.05, 0.1) is 13.2 Å². The number of nitrogens with one attached hydrogen (secondary N) is 2. The number of likely N-dealkylation sites (tertiary alicyclic amines) is 1. The molecule has 252 valence electrons. The van der Waals surface area contributed by atoms with Crippen molar-refractivity contribution in [2.24, 2.45) is 5.92 Å². The fourth-order valence-electron chi connectivity index (χ4n) is 6.76. The summed E-state index contributed by atoms with van der Waals surface area (Å²) in [7, 11) is 5.27. The molecule has 11 heteroatoms. The highest BCUT2D eigenvalue weighted by Gasteiger charge is 2.50. The summed E-state index contributed by atoms with van der Waals surface area (Å²) in [4.78, 5) is 61.1. The fraction of sp³-hybridized carbons (Fsp3) is 0.500. The zero-order valence-electron chi connectivity index (χ0n) is 28.0. The molecule has 4 amide bonds. The molecule has 2 fully saturated rings. The van der Waals surface area contributed by atoms with Crippen molar-refractivity contribution in [3.63, 3.8) is 0 Å². The van der Waals surface area contributed by atoms with Gasteiger partial charge in [0, 0.05) is 31.3 Å². The van der Waals surface area contributed by atoms with Crippen LogP contribution in [0.1, 0.15) is 50.7 Å². The molecule has 2 N–H and O–H groups in total. The Bertz CT molecular complexity index is 1480. The highest BCUT2D eigenvalue weighted by atomic mass is 16.5. The molecule has 2 unspecified atom stereocenters. The smallest absolute Gasteiger partial charge is 0.249 e. The molecule has 6 atom stereocenters. The molecular weight excluding hydrogens is 598 g/mol. The second-order valence-electron chi connectivity index (χ2n) is 12.9. The molecule has 2 saturated heterocycles. The van der Waals surface area contributed by atoms with Crippen LogP contribution in [0.25, 0.3) is 6.08 Å². The van der Waals surface area contributed by atoms with Crippen molar-refractivity contribution in [1.82, 2.24) is 25.3 Å². The third-order valence-electron chi connectivity index (χ3n) is 9.67. The lowest BCUT2D eigenvalue weighted by molar-refractivity contribution is -0.150. The number of amides is 4. The van der Waals surface area contributed by atoms with Gasteiger partial charge in [0.15, 0.2) is 0 Å². The predicted octanol–water partition coefficient (Wildman–Crippen LogP) is 2.84. The van der Waals surface area contributed by atoms with E-state index in [2.05, 4.69) is 10.6 Å². The number of rotatable bonds is 9. The Labute approximate surface area is 277 Å². The van der Waals surface area contributed by atoms with Crippen LogP contribution in [0.5, 0.6) is 11.5 Å². The van der Waals surface area contributed by atoms with Crippen molar-refractivity contribution >= 4 is 29.7 Å². The zero-order valence-corrected chi connectivity index (χ0v) is 28.0. The first-order chi connectivity index (χ1) is 22.6. The van der Waals surface area contributed by atoms with Crippen molar-refractivity contribution in [1.29, 1.82) is 0 Å². The molecule has 0 aliphatic carbocycles. The highest BCUT2D eigenvalue weighted by molar-refractivity contribution is 5.96. The van der Waals surface area contributed by atoms with Gasteiger partial charge in [-0.25, -0.2) is 0 Å². The Morgan fingerprint density at radius 2 is 1.87 bits per heavy atom. The lowest BCUT2D eigenvalue weighted by Gasteiger charge is -2.36. The molecule has 0 aromatic heterocycles. The summed E-state index contributed by atoms with van der Waals surface area (Å²) in [5, 5.41) is 5.90. The third kappa shape index (κ3) is 7.45. The molecule has 3 aliphatic heterocycles. The van der Waals surface area contributed by atoms with Gasteiger partial charge in [-0.3, -0.25) is 24.1 Å². The summed E-state index contributed by atoms with van der Waals surface area (Å²) < 4.78 is 12.0. The van der Waals surface area contributed by atoms with E-state index in [-0.39, 0.29) is 36.1 Å². The second kappa shape index (κ2) is 15.0. The van der Waals surface area contributed by atoms with Gasteiger partial charge < -0.3 is 29.9 Å². The normalized spacial score (nSPS) is 23.6. The maximum absolute atomic E-state index is 14.5. The summed E-state index contributed by atoms with van der Waals surface area (Å²) in [6.45, 7) is 4.60. The van der Waals surface area contributed by atoms with E-state index < -0.39 is 30.3 Å². The first-order valence-corrected chi connectivity index (χ1v) is 16.6. The van der Waals surface area contributed by atoms with Gasteiger partial charge in [0.2, 0.25) is 23.6 Å². The first kappa shape index (κ1) is 34.0. The lowest BCUT2D eigenvalue weighted by atomic mass is 9.96. The first-order valence-electron chi connectivity index (χ1n) is 16.6. The van der Waals surface area contributed by atoms with Crippen LogP contribution in [-0.4, -0.2) is 103 Å². The van der Waals surface area contributed by atoms with E-state index in [1.807, 2.05) is 63.2 Å². The number of hydrogen-bond acceptors (Lipinski definition) is 7. The van der Waals surface area contributed by atoms with Crippen LogP contribution >= 0.6 is 0 Å². The molecular formula is C36H47N5O6. The fourth-order valence-corrected chi connectivity index (χ4v) is 6.76. The Morgan fingerprint density at radius 1 is 1.11 bits per heavy atom. The van der Waals surface area contributed by atoms with E-state index >= 15 is 0 Å². The monoisotopic (exact) mass is 645 g/mol. The van der Waals surface area contributed by atoms with Gasteiger partial charge in [0.25, 0.3) is 0 Å². The molecule has 2 bridgehead atoms. The van der Waals surface area contributed by atoms with Gasteiger partial charge in [0.1, 0.15) is 35.7 Å². The van der Waals surface area contributed by atoms with E-state index in [0.717, 1.165) is 5.56 Å². The van der Waals surface area contributed by atoms with Gasteiger partial charge in [-0.2, -0.15) is 0 Å². The number of likely N-dealkylation sites (N-methyl/N-ethyl adjacent to an activating group) is 1. The Kier molecular flexibility index (Phi) is 10.9. The van der Waals surface area contributed by atoms with Crippen LogP contribution < -0.4 is 20.1 Å². The van der Waals surface area contributed by atoms with Crippen molar-refractivity contribution in [3.05, 3.63) is 65.9 Å². The Hall–Kier alpha value is -4.38. The quantitative estimate of drug-likeness (QED) is 0.431. The van der Waals surface area contributed by atoms with Crippen molar-refractivity contribution in [2.45, 2.75) is 76.2 Å². The van der Waals surface area contributed by atoms with E-state index in [9.17, 15) is 19.2 Å². The van der Waals surface area contributed by atoms with E-state index in [1.165, 1.54) is 0 Å². The zero-order chi connectivity index (χ0) is 33.7. The van der Waals surface area contributed by atoms with Crippen molar-refractivity contribution < 1.29 is 28.7 Å². The summed E-state index contributed by atoms with van der Waals surface area (Å²) in [6, 6.07) is 12.1. The van der Waals surface area contributed by atoms with Crippen LogP contribution in [0.15, 0.2) is 54.7 Å². The maximum Gasteiger partial charge on any atom is 0.249 e. The molecule has 0 spiro atoms. The lowest BCUT2D eigenvalue weighted by Crippen LogP contribution is -2.60. The molecule has 0 saturated carbocycles. The van der Waals surface area contributed by atoms with Crippen LogP contribution in [0.3, 0.4) is 0 Å². The van der Waals surface area contributed by atoms with Gasteiger partial charge in [-0.15, -0.1) is 0 Å². The van der Waals surface area contributed by atoms with Crippen LogP contribution in [0.4, 0.5) is 0 Å². The average molecular weight is 646 g/mol. The van der Waals surface area contributed by atoms with Gasteiger partial charge in [-0.05, 0) is 69.1 Å². The van der Waals surface area contributed by atoms with Crippen molar-refractivity contribution in [2.75, 3.05) is 34.3 Å². The Morgan fingerprint density at radius 3 is 2.57 bits per heavy atom. The second-order valence-corrected chi connectivity index (χ2v) is 12.9. The molecule has 5 rings (SSSR count). The number of hydrogen-bond donors (Lipinski definition) is 2. The molecule has 3 aliphatic rings. The van der Waals surface area contributed by atoms with Gasteiger partial charge >= 0.3 is 0 Å².